The maximum Gasteiger partial charge on any atom is 0.249 e. The Balaban J connectivity index is 1.87. The molecule has 4 heteroatoms. The number of amides is 1. The van der Waals surface area contributed by atoms with Crippen molar-refractivity contribution in [1.82, 2.24) is 5.32 Å². The molecule has 114 valence electrons. The van der Waals surface area contributed by atoms with Crippen molar-refractivity contribution in [2.75, 3.05) is 13.7 Å². The number of rotatable bonds is 4. The molecule has 0 bridgehead atoms. The van der Waals surface area contributed by atoms with Crippen LogP contribution in [0.25, 0.3) is 0 Å². The summed E-state index contributed by atoms with van der Waals surface area (Å²) in [4.78, 5) is 12.5. The van der Waals surface area contributed by atoms with Gasteiger partial charge in [0.1, 0.15) is 11.9 Å². The predicted octanol–water partition coefficient (Wildman–Crippen LogP) is 2.76. The first kappa shape index (κ1) is 14.4. The first-order valence-corrected chi connectivity index (χ1v) is 7.82. The van der Waals surface area contributed by atoms with Gasteiger partial charge in [0.25, 0.3) is 0 Å². The Morgan fingerprint density at radius 3 is 2.71 bits per heavy atom. The molecule has 3 rings (SSSR count). The summed E-state index contributed by atoms with van der Waals surface area (Å²) in [6, 6.07) is 8.01. The summed E-state index contributed by atoms with van der Waals surface area (Å²) in [5.74, 6) is 0.882. The Labute approximate surface area is 125 Å². The zero-order valence-corrected chi connectivity index (χ0v) is 12.6. The molecule has 2 fully saturated rings. The molecule has 0 unspecified atom stereocenters. The van der Waals surface area contributed by atoms with Crippen molar-refractivity contribution in [1.29, 1.82) is 0 Å². The highest BCUT2D eigenvalue weighted by atomic mass is 16.5. The lowest BCUT2D eigenvalue weighted by atomic mass is 9.87. The van der Waals surface area contributed by atoms with Crippen molar-refractivity contribution < 1.29 is 14.3 Å². The molecule has 1 amide bonds. The maximum absolute atomic E-state index is 12.5. The van der Waals surface area contributed by atoms with E-state index in [0.29, 0.717) is 6.61 Å². The van der Waals surface area contributed by atoms with E-state index in [9.17, 15) is 4.79 Å². The fourth-order valence-corrected chi connectivity index (χ4v) is 3.58. The van der Waals surface area contributed by atoms with Gasteiger partial charge in [0, 0.05) is 12.2 Å². The van der Waals surface area contributed by atoms with Crippen molar-refractivity contribution in [2.45, 2.75) is 50.2 Å². The van der Waals surface area contributed by atoms with Crippen molar-refractivity contribution in [2.24, 2.45) is 0 Å². The number of nitrogens with one attached hydrogen (secondary N) is 1. The van der Waals surface area contributed by atoms with E-state index in [4.69, 9.17) is 9.47 Å². The lowest BCUT2D eigenvalue weighted by molar-refractivity contribution is -0.132. The van der Waals surface area contributed by atoms with E-state index in [0.717, 1.165) is 49.8 Å². The quantitative estimate of drug-likeness (QED) is 0.927. The standard InChI is InChI=1S/C17H23NO3/c1-20-14-8-3-2-7-13(14)17(10-4-5-11-17)18-16(19)15-9-6-12-21-15/h2-3,7-8,15H,4-6,9-12H2,1H3,(H,18,19)/t15-/m0/s1. The minimum absolute atomic E-state index is 0.0281. The molecule has 1 aromatic rings. The van der Waals surface area contributed by atoms with Gasteiger partial charge in [-0.05, 0) is 31.7 Å². The minimum atomic E-state index is -0.296. The van der Waals surface area contributed by atoms with Gasteiger partial charge < -0.3 is 14.8 Å². The molecule has 21 heavy (non-hydrogen) atoms. The summed E-state index contributed by atoms with van der Waals surface area (Å²) >= 11 is 0. The monoisotopic (exact) mass is 289 g/mol. The average molecular weight is 289 g/mol. The average Bonchev–Trinajstić information content (AvgIpc) is 3.19. The first-order valence-electron chi connectivity index (χ1n) is 7.82. The van der Waals surface area contributed by atoms with Gasteiger partial charge in [-0.15, -0.1) is 0 Å². The molecule has 0 aromatic heterocycles. The van der Waals surface area contributed by atoms with Crippen LogP contribution in [0.3, 0.4) is 0 Å². The summed E-state index contributed by atoms with van der Waals surface area (Å²) in [5, 5.41) is 3.28. The van der Waals surface area contributed by atoms with E-state index in [2.05, 4.69) is 11.4 Å². The molecule has 1 saturated heterocycles. The fraction of sp³-hybridized carbons (Fsp3) is 0.588. The van der Waals surface area contributed by atoms with E-state index in [-0.39, 0.29) is 17.6 Å². The maximum atomic E-state index is 12.5. The van der Waals surface area contributed by atoms with Crippen molar-refractivity contribution >= 4 is 5.91 Å². The van der Waals surface area contributed by atoms with Crippen molar-refractivity contribution in [3.63, 3.8) is 0 Å². The van der Waals surface area contributed by atoms with Crippen LogP contribution in [0.1, 0.15) is 44.1 Å². The molecule has 1 atom stereocenters. The van der Waals surface area contributed by atoms with E-state index in [1.807, 2.05) is 18.2 Å². The van der Waals surface area contributed by atoms with Gasteiger partial charge in [0.15, 0.2) is 0 Å². The molecule has 0 radical (unpaired) electrons. The molecule has 1 aliphatic carbocycles. The number of ether oxygens (including phenoxy) is 2. The summed E-state index contributed by atoms with van der Waals surface area (Å²) in [5.41, 5.74) is 0.798. The van der Waals surface area contributed by atoms with Gasteiger partial charge in [-0.2, -0.15) is 0 Å². The molecule has 1 saturated carbocycles. The third-order valence-electron chi connectivity index (χ3n) is 4.66. The number of methoxy groups -OCH3 is 1. The zero-order chi connectivity index (χ0) is 14.7. The molecule has 1 aliphatic heterocycles. The molecule has 1 heterocycles. The van der Waals surface area contributed by atoms with E-state index < -0.39 is 0 Å². The van der Waals surface area contributed by atoms with E-state index >= 15 is 0 Å². The second-order valence-corrected chi connectivity index (χ2v) is 5.98. The van der Waals surface area contributed by atoms with Crippen LogP contribution in [0.2, 0.25) is 0 Å². The number of hydrogen-bond donors (Lipinski definition) is 1. The van der Waals surface area contributed by atoms with Crippen LogP contribution in [0.5, 0.6) is 5.75 Å². The number of carbonyl (C=O) groups excluding carboxylic acids is 1. The topological polar surface area (TPSA) is 47.6 Å². The Bertz CT molecular complexity index is 503. The summed E-state index contributed by atoms with van der Waals surface area (Å²) < 4.78 is 11.0. The minimum Gasteiger partial charge on any atom is -0.496 e. The molecule has 4 nitrogen and oxygen atoms in total. The van der Waals surface area contributed by atoms with Gasteiger partial charge in [-0.25, -0.2) is 0 Å². The number of benzene rings is 1. The number of carbonyl (C=O) groups is 1. The van der Waals surface area contributed by atoms with Gasteiger partial charge >= 0.3 is 0 Å². The Morgan fingerprint density at radius 2 is 2.05 bits per heavy atom. The second kappa shape index (κ2) is 6.06. The van der Waals surface area contributed by atoms with Crippen LogP contribution in [0.4, 0.5) is 0 Å². The smallest absolute Gasteiger partial charge is 0.249 e. The summed E-state index contributed by atoms with van der Waals surface area (Å²) in [6.45, 7) is 0.694. The zero-order valence-electron chi connectivity index (χ0n) is 12.6. The normalized spacial score (nSPS) is 24.0. The molecule has 2 aliphatic rings. The van der Waals surface area contributed by atoms with Crippen LogP contribution in [0, 0.1) is 0 Å². The highest BCUT2D eigenvalue weighted by Gasteiger charge is 2.40. The van der Waals surface area contributed by atoms with Crippen LogP contribution in [-0.2, 0) is 15.1 Å². The van der Waals surface area contributed by atoms with Gasteiger partial charge in [0.2, 0.25) is 5.91 Å². The first-order chi connectivity index (χ1) is 10.2. The third kappa shape index (κ3) is 2.77. The highest BCUT2D eigenvalue weighted by Crippen LogP contribution is 2.42. The van der Waals surface area contributed by atoms with Crippen LogP contribution < -0.4 is 10.1 Å². The summed E-state index contributed by atoms with van der Waals surface area (Å²) in [6.07, 6.45) is 5.70. The predicted molar refractivity (Wildman–Crippen MR) is 80.3 cm³/mol. The van der Waals surface area contributed by atoms with Gasteiger partial charge in [-0.3, -0.25) is 4.79 Å². The molecular weight excluding hydrogens is 266 g/mol. The SMILES string of the molecule is COc1ccccc1C1(NC(=O)[C@@H]2CCCO2)CCCC1. The van der Waals surface area contributed by atoms with E-state index in [1.54, 1.807) is 7.11 Å². The number of para-hydroxylation sites is 1. The third-order valence-corrected chi connectivity index (χ3v) is 4.66. The largest absolute Gasteiger partial charge is 0.496 e. The molecule has 1 N–H and O–H groups in total. The fourth-order valence-electron chi connectivity index (χ4n) is 3.58. The van der Waals surface area contributed by atoms with E-state index in [1.165, 1.54) is 0 Å². The van der Waals surface area contributed by atoms with Crippen LogP contribution >= 0.6 is 0 Å². The summed E-state index contributed by atoms with van der Waals surface area (Å²) in [7, 11) is 1.68. The Hall–Kier alpha value is -1.55. The van der Waals surface area contributed by atoms with Crippen molar-refractivity contribution in [3.8, 4) is 5.75 Å². The lowest BCUT2D eigenvalue weighted by Crippen LogP contribution is -2.48. The lowest BCUT2D eigenvalue weighted by Gasteiger charge is -2.33. The van der Waals surface area contributed by atoms with Gasteiger partial charge in [-0.1, -0.05) is 31.0 Å². The molecule has 0 spiro atoms. The number of hydrogen-bond acceptors (Lipinski definition) is 3. The van der Waals surface area contributed by atoms with Crippen molar-refractivity contribution in [3.05, 3.63) is 29.8 Å². The van der Waals surface area contributed by atoms with Crippen LogP contribution in [-0.4, -0.2) is 25.7 Å². The van der Waals surface area contributed by atoms with Gasteiger partial charge in [0.05, 0.1) is 12.6 Å². The van der Waals surface area contributed by atoms with Crippen LogP contribution in [0.15, 0.2) is 24.3 Å². The molecular formula is C17H23NO3. The second-order valence-electron chi connectivity index (χ2n) is 5.98. The Kier molecular flexibility index (Phi) is 4.15. The molecule has 1 aromatic carbocycles. The highest BCUT2D eigenvalue weighted by molar-refractivity contribution is 5.82. The Morgan fingerprint density at radius 1 is 1.29 bits per heavy atom.